The highest BCUT2D eigenvalue weighted by molar-refractivity contribution is 5.67. The third-order valence-corrected chi connectivity index (χ3v) is 2.30. The van der Waals surface area contributed by atoms with Gasteiger partial charge in [0.05, 0.1) is 12.5 Å². The molecular weight excluding hydrogens is 158 g/mol. The standard InChI is InChI=1S/C8H15NO3/c1-12-7-5-9-3-2-6(7)4-8(10)11/h6-7,9H,2-5H2,1H3,(H,10,11). The van der Waals surface area contributed by atoms with E-state index in [0.29, 0.717) is 0 Å². The highest BCUT2D eigenvalue weighted by atomic mass is 16.5. The quantitative estimate of drug-likeness (QED) is 0.635. The molecule has 12 heavy (non-hydrogen) atoms. The molecular formula is C8H15NO3. The molecule has 1 fully saturated rings. The van der Waals surface area contributed by atoms with Gasteiger partial charge in [0.2, 0.25) is 0 Å². The van der Waals surface area contributed by atoms with Crippen molar-refractivity contribution in [2.75, 3.05) is 20.2 Å². The van der Waals surface area contributed by atoms with Gasteiger partial charge in [-0.25, -0.2) is 0 Å². The van der Waals surface area contributed by atoms with Crippen LogP contribution in [0.4, 0.5) is 0 Å². The molecule has 4 heteroatoms. The molecule has 1 rings (SSSR count). The summed E-state index contributed by atoms with van der Waals surface area (Å²) >= 11 is 0. The summed E-state index contributed by atoms with van der Waals surface area (Å²) in [5.41, 5.74) is 0. The molecule has 0 spiro atoms. The van der Waals surface area contributed by atoms with E-state index >= 15 is 0 Å². The van der Waals surface area contributed by atoms with E-state index in [9.17, 15) is 4.79 Å². The molecule has 2 unspecified atom stereocenters. The lowest BCUT2D eigenvalue weighted by molar-refractivity contribution is -0.139. The predicted molar refractivity (Wildman–Crippen MR) is 44.0 cm³/mol. The number of rotatable bonds is 3. The number of ether oxygens (including phenoxy) is 1. The second-order valence-electron chi connectivity index (χ2n) is 3.12. The summed E-state index contributed by atoms with van der Waals surface area (Å²) in [7, 11) is 1.63. The van der Waals surface area contributed by atoms with Crippen LogP contribution in [-0.2, 0) is 9.53 Å². The number of hydrogen-bond donors (Lipinski definition) is 2. The van der Waals surface area contributed by atoms with Crippen LogP contribution in [0.2, 0.25) is 0 Å². The number of carboxylic acids is 1. The van der Waals surface area contributed by atoms with Crippen LogP contribution in [0.3, 0.4) is 0 Å². The molecule has 4 nitrogen and oxygen atoms in total. The smallest absolute Gasteiger partial charge is 0.303 e. The fraction of sp³-hybridized carbons (Fsp3) is 0.875. The van der Waals surface area contributed by atoms with Gasteiger partial charge in [-0.3, -0.25) is 4.79 Å². The van der Waals surface area contributed by atoms with Crippen LogP contribution >= 0.6 is 0 Å². The molecule has 0 aromatic heterocycles. The van der Waals surface area contributed by atoms with E-state index in [0.717, 1.165) is 19.5 Å². The first-order valence-corrected chi connectivity index (χ1v) is 4.19. The molecule has 0 radical (unpaired) electrons. The second-order valence-corrected chi connectivity index (χ2v) is 3.12. The van der Waals surface area contributed by atoms with Crippen molar-refractivity contribution in [1.29, 1.82) is 0 Å². The highest BCUT2D eigenvalue weighted by Crippen LogP contribution is 2.18. The van der Waals surface area contributed by atoms with E-state index < -0.39 is 5.97 Å². The minimum Gasteiger partial charge on any atom is -0.481 e. The Kier molecular flexibility index (Phi) is 3.49. The van der Waals surface area contributed by atoms with E-state index in [1.807, 2.05) is 0 Å². The van der Waals surface area contributed by atoms with Gasteiger partial charge in [-0.15, -0.1) is 0 Å². The first-order chi connectivity index (χ1) is 5.74. The number of piperidine rings is 1. The summed E-state index contributed by atoms with van der Waals surface area (Å²) in [6, 6.07) is 0. The summed E-state index contributed by atoms with van der Waals surface area (Å²) in [6.45, 7) is 1.67. The molecule has 1 aliphatic rings. The van der Waals surface area contributed by atoms with Crippen molar-refractivity contribution in [3.05, 3.63) is 0 Å². The predicted octanol–water partition coefficient (Wildman–Crippen LogP) is 0.0856. The van der Waals surface area contributed by atoms with Gasteiger partial charge in [0, 0.05) is 13.7 Å². The van der Waals surface area contributed by atoms with Gasteiger partial charge in [0.15, 0.2) is 0 Å². The normalized spacial score (nSPS) is 30.1. The zero-order chi connectivity index (χ0) is 8.97. The van der Waals surface area contributed by atoms with Gasteiger partial charge in [-0.1, -0.05) is 0 Å². The Bertz CT molecular complexity index is 160. The van der Waals surface area contributed by atoms with Crippen molar-refractivity contribution in [3.8, 4) is 0 Å². The van der Waals surface area contributed by atoms with Crippen molar-refractivity contribution in [2.45, 2.75) is 18.9 Å². The van der Waals surface area contributed by atoms with Crippen molar-refractivity contribution in [2.24, 2.45) is 5.92 Å². The van der Waals surface area contributed by atoms with Crippen LogP contribution in [0.15, 0.2) is 0 Å². The van der Waals surface area contributed by atoms with Crippen molar-refractivity contribution >= 4 is 5.97 Å². The summed E-state index contributed by atoms with van der Waals surface area (Å²) < 4.78 is 5.18. The maximum absolute atomic E-state index is 10.5. The second kappa shape index (κ2) is 4.42. The summed E-state index contributed by atoms with van der Waals surface area (Å²) in [5, 5.41) is 11.8. The lowest BCUT2D eigenvalue weighted by Crippen LogP contribution is -2.42. The van der Waals surface area contributed by atoms with Crippen LogP contribution in [0, 0.1) is 5.92 Å². The van der Waals surface area contributed by atoms with E-state index in [1.54, 1.807) is 7.11 Å². The van der Waals surface area contributed by atoms with E-state index in [2.05, 4.69) is 5.32 Å². The Balaban J connectivity index is 2.41. The zero-order valence-corrected chi connectivity index (χ0v) is 7.25. The Labute approximate surface area is 71.9 Å². The monoisotopic (exact) mass is 173 g/mol. The molecule has 1 saturated heterocycles. The lowest BCUT2D eigenvalue weighted by atomic mass is 9.92. The van der Waals surface area contributed by atoms with Gasteiger partial charge >= 0.3 is 5.97 Å². The Hall–Kier alpha value is -0.610. The number of carboxylic acid groups (broad SMARTS) is 1. The van der Waals surface area contributed by atoms with Crippen molar-refractivity contribution < 1.29 is 14.6 Å². The molecule has 0 aromatic carbocycles. The third-order valence-electron chi connectivity index (χ3n) is 2.30. The summed E-state index contributed by atoms with van der Waals surface area (Å²) in [4.78, 5) is 10.5. The third kappa shape index (κ3) is 2.46. The first kappa shape index (κ1) is 9.48. The fourth-order valence-electron chi connectivity index (χ4n) is 1.62. The maximum Gasteiger partial charge on any atom is 0.303 e. The lowest BCUT2D eigenvalue weighted by Gasteiger charge is -2.29. The topological polar surface area (TPSA) is 58.6 Å². The minimum absolute atomic E-state index is 0.0647. The molecule has 2 N–H and O–H groups in total. The number of carbonyl (C=O) groups is 1. The van der Waals surface area contributed by atoms with Gasteiger partial charge in [0.25, 0.3) is 0 Å². The average Bonchev–Trinajstić information content (AvgIpc) is 2.04. The Morgan fingerprint density at radius 1 is 1.75 bits per heavy atom. The maximum atomic E-state index is 10.5. The fourth-order valence-corrected chi connectivity index (χ4v) is 1.62. The average molecular weight is 173 g/mol. The Morgan fingerprint density at radius 2 is 2.50 bits per heavy atom. The number of aliphatic carboxylic acids is 1. The summed E-state index contributed by atoms with van der Waals surface area (Å²) in [5.74, 6) is -0.558. The minimum atomic E-state index is -0.732. The molecule has 0 bridgehead atoms. The largest absolute Gasteiger partial charge is 0.481 e. The van der Waals surface area contributed by atoms with E-state index in [4.69, 9.17) is 9.84 Å². The molecule has 0 aromatic rings. The molecule has 0 aliphatic carbocycles. The molecule has 70 valence electrons. The molecule has 1 aliphatic heterocycles. The van der Waals surface area contributed by atoms with Gasteiger partial charge in [0.1, 0.15) is 0 Å². The summed E-state index contributed by atoms with van der Waals surface area (Å²) in [6.07, 6.45) is 1.18. The molecule has 0 amide bonds. The number of nitrogens with one attached hydrogen (secondary N) is 1. The van der Waals surface area contributed by atoms with E-state index in [-0.39, 0.29) is 18.4 Å². The SMILES string of the molecule is COC1CNCCC1CC(=O)O. The van der Waals surface area contributed by atoms with Crippen LogP contribution in [-0.4, -0.2) is 37.4 Å². The highest BCUT2D eigenvalue weighted by Gasteiger charge is 2.26. The number of methoxy groups -OCH3 is 1. The Morgan fingerprint density at radius 3 is 3.08 bits per heavy atom. The van der Waals surface area contributed by atoms with Crippen molar-refractivity contribution in [3.63, 3.8) is 0 Å². The van der Waals surface area contributed by atoms with Crippen LogP contribution < -0.4 is 5.32 Å². The molecule has 2 atom stereocenters. The molecule has 0 saturated carbocycles. The van der Waals surface area contributed by atoms with Crippen LogP contribution in [0.25, 0.3) is 0 Å². The van der Waals surface area contributed by atoms with Crippen LogP contribution in [0.1, 0.15) is 12.8 Å². The van der Waals surface area contributed by atoms with E-state index in [1.165, 1.54) is 0 Å². The number of hydrogen-bond acceptors (Lipinski definition) is 3. The van der Waals surface area contributed by atoms with Gasteiger partial charge in [-0.2, -0.15) is 0 Å². The van der Waals surface area contributed by atoms with Crippen molar-refractivity contribution in [1.82, 2.24) is 5.32 Å². The van der Waals surface area contributed by atoms with Gasteiger partial charge in [-0.05, 0) is 18.9 Å². The molecule has 1 heterocycles. The first-order valence-electron chi connectivity index (χ1n) is 4.19. The zero-order valence-electron chi connectivity index (χ0n) is 7.25. The van der Waals surface area contributed by atoms with Crippen LogP contribution in [0.5, 0.6) is 0 Å². The van der Waals surface area contributed by atoms with Gasteiger partial charge < -0.3 is 15.2 Å².